The lowest BCUT2D eigenvalue weighted by Crippen LogP contribution is -2.59. The van der Waals surface area contributed by atoms with Gasteiger partial charge in [0.2, 0.25) is 17.7 Å². The fraction of sp³-hybridized carbons (Fsp3) is 0.389. The molecule has 1 N–H and O–H groups in total. The van der Waals surface area contributed by atoms with Gasteiger partial charge in [0.25, 0.3) is 0 Å². The van der Waals surface area contributed by atoms with E-state index in [-0.39, 0.29) is 25.0 Å². The van der Waals surface area contributed by atoms with E-state index >= 15 is 0 Å². The van der Waals surface area contributed by atoms with Crippen molar-refractivity contribution < 1.29 is 18.7 Å². The van der Waals surface area contributed by atoms with Crippen molar-refractivity contribution in [3.05, 3.63) is 53.7 Å². The van der Waals surface area contributed by atoms with Crippen LogP contribution in [0.5, 0.6) is 0 Å². The third kappa shape index (κ3) is 4.06. The van der Waals surface area contributed by atoms with Gasteiger partial charge in [-0.05, 0) is 19.4 Å². The molecule has 1 saturated heterocycles. The van der Waals surface area contributed by atoms with E-state index in [1.54, 1.807) is 24.9 Å². The molecule has 7 heteroatoms. The number of oxazole rings is 1. The summed E-state index contributed by atoms with van der Waals surface area (Å²) < 4.78 is 10.8. The Morgan fingerprint density at radius 2 is 2.12 bits per heavy atom. The largest absolute Gasteiger partial charge is 0.444 e. The van der Waals surface area contributed by atoms with Crippen molar-refractivity contribution in [2.45, 2.75) is 39.1 Å². The van der Waals surface area contributed by atoms with Crippen molar-refractivity contribution in [1.82, 2.24) is 15.2 Å². The number of nitrogens with one attached hydrogen (secondary N) is 1. The first-order valence-corrected chi connectivity index (χ1v) is 8.18. The number of hydrogen-bond acceptors (Lipinski definition) is 5. The van der Waals surface area contributed by atoms with Gasteiger partial charge < -0.3 is 19.4 Å². The number of ether oxygens (including phenoxy) is 1. The number of benzene rings is 1. The standard InChI is InChI=1S/C18H21N3O4/c1-12-8-19-15(25-12)9-20-18(23)17-13(2)24-11-16(22)21(17)10-14-6-4-3-5-7-14/h3-8,13,17H,9-11H2,1-2H3,(H,20,23)/t13-,17+/m1/s1. The van der Waals surface area contributed by atoms with Gasteiger partial charge in [-0.1, -0.05) is 30.3 Å². The van der Waals surface area contributed by atoms with E-state index < -0.39 is 12.1 Å². The summed E-state index contributed by atoms with van der Waals surface area (Å²) in [5.74, 6) is 0.622. The normalized spacial score (nSPS) is 20.6. The van der Waals surface area contributed by atoms with Crippen molar-refractivity contribution in [2.24, 2.45) is 0 Å². The molecule has 0 aliphatic carbocycles. The highest BCUT2D eigenvalue weighted by molar-refractivity contribution is 5.89. The van der Waals surface area contributed by atoms with Gasteiger partial charge >= 0.3 is 0 Å². The van der Waals surface area contributed by atoms with Gasteiger partial charge in [0.15, 0.2) is 0 Å². The molecule has 0 radical (unpaired) electrons. The molecule has 0 spiro atoms. The number of amides is 2. The molecule has 1 aliphatic rings. The summed E-state index contributed by atoms with van der Waals surface area (Å²) in [7, 11) is 0. The summed E-state index contributed by atoms with van der Waals surface area (Å²) in [4.78, 5) is 30.6. The zero-order valence-corrected chi connectivity index (χ0v) is 14.3. The maximum absolute atomic E-state index is 12.7. The lowest BCUT2D eigenvalue weighted by molar-refractivity contribution is -0.163. The fourth-order valence-electron chi connectivity index (χ4n) is 2.86. The molecule has 2 aromatic rings. The predicted molar refractivity (Wildman–Crippen MR) is 89.3 cm³/mol. The summed E-state index contributed by atoms with van der Waals surface area (Å²) in [5, 5.41) is 2.78. The van der Waals surface area contributed by atoms with E-state index in [0.717, 1.165) is 5.56 Å². The number of carbonyl (C=O) groups excluding carboxylic acids is 2. The van der Waals surface area contributed by atoms with E-state index in [0.29, 0.717) is 18.2 Å². The molecule has 1 aromatic heterocycles. The van der Waals surface area contributed by atoms with Gasteiger partial charge in [-0.25, -0.2) is 4.98 Å². The van der Waals surface area contributed by atoms with Crippen LogP contribution in [0, 0.1) is 6.92 Å². The summed E-state index contributed by atoms with van der Waals surface area (Å²) >= 11 is 0. The van der Waals surface area contributed by atoms with E-state index in [4.69, 9.17) is 9.15 Å². The lowest BCUT2D eigenvalue weighted by atomic mass is 10.1. The fourth-order valence-corrected chi connectivity index (χ4v) is 2.86. The average molecular weight is 343 g/mol. The Balaban J connectivity index is 1.72. The number of morpholine rings is 1. The minimum atomic E-state index is -0.697. The summed E-state index contributed by atoms with van der Waals surface area (Å²) in [5.41, 5.74) is 0.964. The smallest absolute Gasteiger partial charge is 0.249 e. The Kier molecular flexibility index (Phi) is 5.14. The van der Waals surface area contributed by atoms with Crippen molar-refractivity contribution in [2.75, 3.05) is 6.61 Å². The topological polar surface area (TPSA) is 84.7 Å². The number of carbonyl (C=O) groups is 2. The zero-order valence-electron chi connectivity index (χ0n) is 14.3. The average Bonchev–Trinajstić information content (AvgIpc) is 3.02. The molecule has 0 bridgehead atoms. The Hall–Kier alpha value is -2.67. The number of aromatic nitrogens is 1. The van der Waals surface area contributed by atoms with Gasteiger partial charge in [-0.2, -0.15) is 0 Å². The SMILES string of the molecule is Cc1cnc(CNC(=O)[C@@H]2[C@@H](C)OCC(=O)N2Cc2ccccc2)o1. The number of rotatable bonds is 5. The molecule has 25 heavy (non-hydrogen) atoms. The highest BCUT2D eigenvalue weighted by Crippen LogP contribution is 2.19. The number of nitrogens with zero attached hydrogens (tertiary/aromatic N) is 2. The van der Waals surface area contributed by atoms with Crippen LogP contribution in [0.4, 0.5) is 0 Å². The molecule has 2 atom stereocenters. The second-order valence-electron chi connectivity index (χ2n) is 6.05. The predicted octanol–water partition coefficient (Wildman–Crippen LogP) is 1.42. The Morgan fingerprint density at radius 3 is 2.80 bits per heavy atom. The first-order valence-electron chi connectivity index (χ1n) is 8.18. The Bertz CT molecular complexity index is 744. The van der Waals surface area contributed by atoms with Crippen LogP contribution in [0.3, 0.4) is 0 Å². The van der Waals surface area contributed by atoms with Gasteiger partial charge in [0, 0.05) is 6.54 Å². The monoisotopic (exact) mass is 343 g/mol. The van der Waals surface area contributed by atoms with Crippen LogP contribution < -0.4 is 5.32 Å². The Labute approximate surface area is 146 Å². The van der Waals surface area contributed by atoms with Crippen molar-refractivity contribution in [3.63, 3.8) is 0 Å². The molecular weight excluding hydrogens is 322 g/mol. The second-order valence-corrected chi connectivity index (χ2v) is 6.05. The molecule has 2 amide bonds. The maximum atomic E-state index is 12.7. The zero-order chi connectivity index (χ0) is 17.8. The van der Waals surface area contributed by atoms with Crippen LogP contribution in [0.15, 0.2) is 40.9 Å². The molecule has 132 valence electrons. The van der Waals surface area contributed by atoms with Gasteiger partial charge in [0.1, 0.15) is 18.4 Å². The van der Waals surface area contributed by atoms with Gasteiger partial charge in [-0.3, -0.25) is 9.59 Å². The molecular formula is C18H21N3O4. The minimum absolute atomic E-state index is 0.0171. The highest BCUT2D eigenvalue weighted by atomic mass is 16.5. The van der Waals surface area contributed by atoms with Crippen LogP contribution in [-0.4, -0.2) is 40.5 Å². The van der Waals surface area contributed by atoms with Crippen molar-refractivity contribution in [3.8, 4) is 0 Å². The molecule has 0 unspecified atom stereocenters. The third-order valence-electron chi connectivity index (χ3n) is 4.12. The maximum Gasteiger partial charge on any atom is 0.249 e. The second kappa shape index (κ2) is 7.48. The highest BCUT2D eigenvalue weighted by Gasteiger charge is 2.39. The summed E-state index contributed by atoms with van der Waals surface area (Å²) in [6, 6.07) is 8.89. The summed E-state index contributed by atoms with van der Waals surface area (Å²) in [6.45, 7) is 4.10. The lowest BCUT2D eigenvalue weighted by Gasteiger charge is -2.38. The molecule has 3 rings (SSSR count). The molecule has 1 fully saturated rings. The van der Waals surface area contributed by atoms with Crippen molar-refractivity contribution >= 4 is 11.8 Å². The van der Waals surface area contributed by atoms with E-state index in [1.165, 1.54) is 0 Å². The first-order chi connectivity index (χ1) is 12.0. The minimum Gasteiger partial charge on any atom is -0.444 e. The van der Waals surface area contributed by atoms with E-state index in [9.17, 15) is 9.59 Å². The summed E-state index contributed by atoms with van der Waals surface area (Å²) in [6.07, 6.45) is 1.20. The van der Waals surface area contributed by atoms with Crippen LogP contribution in [-0.2, 0) is 27.4 Å². The molecule has 1 aromatic carbocycles. The molecule has 1 aliphatic heterocycles. The number of hydrogen-bond donors (Lipinski definition) is 1. The van der Waals surface area contributed by atoms with Crippen LogP contribution in [0.1, 0.15) is 24.1 Å². The van der Waals surface area contributed by atoms with Crippen LogP contribution in [0.25, 0.3) is 0 Å². The van der Waals surface area contributed by atoms with Crippen molar-refractivity contribution in [1.29, 1.82) is 0 Å². The van der Waals surface area contributed by atoms with E-state index in [2.05, 4.69) is 10.3 Å². The molecule has 0 saturated carbocycles. The van der Waals surface area contributed by atoms with E-state index in [1.807, 2.05) is 30.3 Å². The quantitative estimate of drug-likeness (QED) is 0.887. The molecule has 2 heterocycles. The third-order valence-corrected chi connectivity index (χ3v) is 4.12. The first kappa shape index (κ1) is 17.2. The van der Waals surface area contributed by atoms with Crippen LogP contribution in [0.2, 0.25) is 0 Å². The van der Waals surface area contributed by atoms with Gasteiger partial charge in [-0.15, -0.1) is 0 Å². The van der Waals surface area contributed by atoms with Gasteiger partial charge in [0.05, 0.1) is 18.8 Å². The number of aryl methyl sites for hydroxylation is 1. The van der Waals surface area contributed by atoms with Crippen LogP contribution >= 0.6 is 0 Å². The Morgan fingerprint density at radius 1 is 1.36 bits per heavy atom. The molecule has 7 nitrogen and oxygen atoms in total.